The smallest absolute Gasteiger partial charge is 0.319 e. The Hall–Kier alpha value is -2.31. The molecule has 5 N–H and O–H groups in total. The van der Waals surface area contributed by atoms with E-state index in [1.165, 1.54) is 24.3 Å². The Labute approximate surface area is 110 Å². The number of oxime groups is 1. The van der Waals surface area contributed by atoms with Crippen LogP contribution in [0.2, 0.25) is 0 Å². The minimum absolute atomic E-state index is 0.0464. The van der Waals surface area contributed by atoms with E-state index in [1.54, 1.807) is 0 Å². The van der Waals surface area contributed by atoms with Gasteiger partial charge in [0.2, 0.25) is 0 Å². The standard InChI is InChI=1S/C12H17FN4O2/c1-7(2)10(11(14)17-19)16-12(18)15-9-5-3-8(13)4-6-9/h3-7,10,19H,1-2H3,(H2,14,17)(H2,15,16,18). The van der Waals surface area contributed by atoms with Gasteiger partial charge in [0.1, 0.15) is 5.82 Å². The number of anilines is 1. The molecule has 104 valence electrons. The van der Waals surface area contributed by atoms with Crippen LogP contribution in [0.3, 0.4) is 0 Å². The molecule has 0 aromatic heterocycles. The third kappa shape index (κ3) is 4.46. The van der Waals surface area contributed by atoms with Crippen LogP contribution >= 0.6 is 0 Å². The molecule has 19 heavy (non-hydrogen) atoms. The van der Waals surface area contributed by atoms with Crippen molar-refractivity contribution >= 4 is 17.6 Å². The Morgan fingerprint density at radius 1 is 1.37 bits per heavy atom. The van der Waals surface area contributed by atoms with E-state index in [-0.39, 0.29) is 17.6 Å². The highest BCUT2D eigenvalue weighted by Crippen LogP contribution is 2.08. The molecule has 6 nitrogen and oxygen atoms in total. The topological polar surface area (TPSA) is 99.7 Å². The van der Waals surface area contributed by atoms with Crippen molar-refractivity contribution in [1.29, 1.82) is 0 Å². The Morgan fingerprint density at radius 3 is 2.42 bits per heavy atom. The maximum absolute atomic E-state index is 12.7. The number of carbonyl (C=O) groups is 1. The third-order valence-electron chi connectivity index (χ3n) is 2.49. The van der Waals surface area contributed by atoms with Crippen molar-refractivity contribution in [2.45, 2.75) is 19.9 Å². The first kappa shape index (κ1) is 14.7. The number of amidine groups is 1. The molecule has 0 saturated carbocycles. The van der Waals surface area contributed by atoms with Crippen LogP contribution in [0.25, 0.3) is 0 Å². The molecule has 1 aromatic carbocycles. The number of nitrogens with one attached hydrogen (secondary N) is 2. The molecular weight excluding hydrogens is 251 g/mol. The number of carbonyl (C=O) groups excluding carboxylic acids is 1. The summed E-state index contributed by atoms with van der Waals surface area (Å²) in [6.45, 7) is 3.64. The number of nitrogens with two attached hydrogens (primary N) is 1. The SMILES string of the molecule is CC(C)C(NC(=O)Nc1ccc(F)cc1)C(N)=NO. The van der Waals surface area contributed by atoms with Gasteiger partial charge in [-0.2, -0.15) is 0 Å². The van der Waals surface area contributed by atoms with Crippen molar-refractivity contribution in [1.82, 2.24) is 5.32 Å². The van der Waals surface area contributed by atoms with Crippen molar-refractivity contribution in [2.75, 3.05) is 5.32 Å². The fourth-order valence-electron chi connectivity index (χ4n) is 1.49. The largest absolute Gasteiger partial charge is 0.409 e. The van der Waals surface area contributed by atoms with Gasteiger partial charge in [-0.1, -0.05) is 19.0 Å². The summed E-state index contributed by atoms with van der Waals surface area (Å²) in [5.41, 5.74) is 5.93. The molecule has 1 unspecified atom stereocenters. The Kier molecular flexibility index (Phi) is 5.11. The van der Waals surface area contributed by atoms with Gasteiger partial charge in [0.25, 0.3) is 0 Å². The first-order chi connectivity index (χ1) is 8.93. The second-order valence-corrected chi connectivity index (χ2v) is 4.35. The molecule has 7 heteroatoms. The van der Waals surface area contributed by atoms with Gasteiger partial charge in [-0.25, -0.2) is 9.18 Å². The van der Waals surface area contributed by atoms with Crippen LogP contribution in [-0.2, 0) is 0 Å². The molecular formula is C12H17FN4O2. The summed E-state index contributed by atoms with van der Waals surface area (Å²) in [7, 11) is 0. The summed E-state index contributed by atoms with van der Waals surface area (Å²) in [6.07, 6.45) is 0. The molecule has 0 aliphatic rings. The zero-order chi connectivity index (χ0) is 14.4. The van der Waals surface area contributed by atoms with Crippen LogP contribution in [0.5, 0.6) is 0 Å². The van der Waals surface area contributed by atoms with Gasteiger partial charge < -0.3 is 21.6 Å². The molecule has 0 aliphatic carbocycles. The summed E-state index contributed by atoms with van der Waals surface area (Å²) in [6, 6.07) is 4.23. The van der Waals surface area contributed by atoms with Crippen LogP contribution in [0.1, 0.15) is 13.8 Å². The lowest BCUT2D eigenvalue weighted by atomic mass is 10.0. The average molecular weight is 268 g/mol. The van der Waals surface area contributed by atoms with Gasteiger partial charge in [0, 0.05) is 5.69 Å². The molecule has 1 atom stereocenters. The molecule has 0 spiro atoms. The fourth-order valence-corrected chi connectivity index (χ4v) is 1.49. The molecule has 0 bridgehead atoms. The van der Waals surface area contributed by atoms with E-state index < -0.39 is 12.1 Å². The van der Waals surface area contributed by atoms with Gasteiger partial charge in [0.05, 0.1) is 6.04 Å². The van der Waals surface area contributed by atoms with Crippen LogP contribution in [0.15, 0.2) is 29.4 Å². The second kappa shape index (κ2) is 6.58. The monoisotopic (exact) mass is 268 g/mol. The summed E-state index contributed by atoms with van der Waals surface area (Å²) < 4.78 is 12.7. The zero-order valence-corrected chi connectivity index (χ0v) is 10.7. The highest BCUT2D eigenvalue weighted by molar-refractivity contribution is 5.94. The van der Waals surface area contributed by atoms with E-state index in [4.69, 9.17) is 10.9 Å². The van der Waals surface area contributed by atoms with Crippen molar-refractivity contribution in [3.05, 3.63) is 30.1 Å². The predicted molar refractivity (Wildman–Crippen MR) is 70.6 cm³/mol. The van der Waals surface area contributed by atoms with Crippen molar-refractivity contribution in [2.24, 2.45) is 16.8 Å². The van der Waals surface area contributed by atoms with Gasteiger partial charge in [0.15, 0.2) is 5.84 Å². The maximum atomic E-state index is 12.7. The lowest BCUT2D eigenvalue weighted by molar-refractivity contribution is 0.248. The van der Waals surface area contributed by atoms with Crippen molar-refractivity contribution in [3.8, 4) is 0 Å². The summed E-state index contributed by atoms with van der Waals surface area (Å²) in [5, 5.41) is 16.6. The van der Waals surface area contributed by atoms with Crippen molar-refractivity contribution in [3.63, 3.8) is 0 Å². The Morgan fingerprint density at radius 2 is 1.95 bits per heavy atom. The van der Waals surface area contributed by atoms with E-state index in [0.717, 1.165) is 0 Å². The number of amides is 2. The second-order valence-electron chi connectivity index (χ2n) is 4.35. The van der Waals surface area contributed by atoms with Gasteiger partial charge in [-0.15, -0.1) is 0 Å². The number of urea groups is 1. The van der Waals surface area contributed by atoms with Crippen LogP contribution in [0.4, 0.5) is 14.9 Å². The summed E-state index contributed by atoms with van der Waals surface area (Å²) in [5.74, 6) is -0.512. The predicted octanol–water partition coefficient (Wildman–Crippen LogP) is 1.72. The maximum Gasteiger partial charge on any atom is 0.319 e. The normalized spacial score (nSPS) is 13.2. The molecule has 0 saturated heterocycles. The van der Waals surface area contributed by atoms with Crippen LogP contribution in [0, 0.1) is 11.7 Å². The number of hydrogen-bond acceptors (Lipinski definition) is 3. The Bertz CT molecular complexity index is 459. The van der Waals surface area contributed by atoms with E-state index in [1.807, 2.05) is 13.8 Å². The lowest BCUT2D eigenvalue weighted by Crippen LogP contribution is -2.49. The number of nitrogens with zero attached hydrogens (tertiary/aromatic N) is 1. The molecule has 0 aliphatic heterocycles. The van der Waals surface area contributed by atoms with Gasteiger partial charge in [-0.3, -0.25) is 0 Å². The van der Waals surface area contributed by atoms with Gasteiger partial charge in [-0.05, 0) is 30.2 Å². The summed E-state index contributed by atoms with van der Waals surface area (Å²) >= 11 is 0. The average Bonchev–Trinajstić information content (AvgIpc) is 2.37. The highest BCUT2D eigenvalue weighted by atomic mass is 19.1. The van der Waals surface area contributed by atoms with E-state index in [2.05, 4.69) is 15.8 Å². The quantitative estimate of drug-likeness (QED) is 0.289. The molecule has 2 amide bonds. The van der Waals surface area contributed by atoms with E-state index in [0.29, 0.717) is 5.69 Å². The molecule has 0 heterocycles. The molecule has 1 aromatic rings. The summed E-state index contributed by atoms with van der Waals surface area (Å²) in [4.78, 5) is 11.7. The highest BCUT2D eigenvalue weighted by Gasteiger charge is 2.20. The minimum Gasteiger partial charge on any atom is -0.409 e. The Balaban J connectivity index is 2.65. The van der Waals surface area contributed by atoms with Crippen LogP contribution < -0.4 is 16.4 Å². The van der Waals surface area contributed by atoms with E-state index in [9.17, 15) is 9.18 Å². The number of halogens is 1. The van der Waals surface area contributed by atoms with Crippen LogP contribution in [-0.4, -0.2) is 23.1 Å². The minimum atomic E-state index is -0.592. The first-order valence-corrected chi connectivity index (χ1v) is 5.74. The molecule has 0 radical (unpaired) electrons. The first-order valence-electron chi connectivity index (χ1n) is 5.74. The van der Waals surface area contributed by atoms with E-state index >= 15 is 0 Å². The van der Waals surface area contributed by atoms with Gasteiger partial charge >= 0.3 is 6.03 Å². The zero-order valence-electron chi connectivity index (χ0n) is 10.7. The molecule has 1 rings (SSSR count). The lowest BCUT2D eigenvalue weighted by Gasteiger charge is -2.21. The number of benzene rings is 1. The molecule has 0 fully saturated rings. The third-order valence-corrected chi connectivity index (χ3v) is 2.49. The number of rotatable bonds is 4. The van der Waals surface area contributed by atoms with Crippen molar-refractivity contribution < 1.29 is 14.4 Å². The fraction of sp³-hybridized carbons (Fsp3) is 0.333. The number of hydrogen-bond donors (Lipinski definition) is 4.